The van der Waals surface area contributed by atoms with Gasteiger partial charge in [0.1, 0.15) is 22.2 Å². The first-order chi connectivity index (χ1) is 14.7. The Labute approximate surface area is 182 Å². The third-order valence-electron chi connectivity index (χ3n) is 5.54. The molecule has 2 aromatic rings. The van der Waals surface area contributed by atoms with Gasteiger partial charge in [-0.2, -0.15) is 4.31 Å². The van der Waals surface area contributed by atoms with Crippen LogP contribution in [0.15, 0.2) is 47.4 Å². The van der Waals surface area contributed by atoms with Crippen molar-refractivity contribution in [2.75, 3.05) is 27.3 Å². The average molecular weight is 451 g/mol. The van der Waals surface area contributed by atoms with Crippen LogP contribution in [0.25, 0.3) is 0 Å². The molecule has 0 aliphatic carbocycles. The fourth-order valence-corrected chi connectivity index (χ4v) is 5.52. The summed E-state index contributed by atoms with van der Waals surface area (Å²) in [5, 5.41) is 2.82. The lowest BCUT2D eigenvalue weighted by atomic mass is 9.82. The highest BCUT2D eigenvalue weighted by Crippen LogP contribution is 2.36. The number of sulfonamides is 1. The second-order valence-electron chi connectivity index (χ2n) is 7.83. The van der Waals surface area contributed by atoms with Crippen LogP contribution in [0.1, 0.15) is 25.3 Å². The highest BCUT2D eigenvalue weighted by Gasteiger charge is 2.42. The van der Waals surface area contributed by atoms with Crippen molar-refractivity contribution in [2.24, 2.45) is 5.41 Å². The van der Waals surface area contributed by atoms with E-state index in [1.807, 2.05) is 0 Å². The van der Waals surface area contributed by atoms with Crippen molar-refractivity contribution in [3.05, 3.63) is 53.8 Å². The standard InChI is InChI=1S/C22H27FN2O5S/c1-22(21(26)24-14-16-6-4-7-17(23)12-16)10-5-11-25(15-22)31(27,28)20-13-18(29-2)8-9-19(20)30-3/h4,6-9,12-13H,5,10-11,14-15H2,1-3H3,(H,24,26)/t22-/m1/s1. The van der Waals surface area contributed by atoms with Gasteiger partial charge in [-0.3, -0.25) is 4.79 Å². The number of nitrogens with zero attached hydrogens (tertiary/aromatic N) is 1. The Morgan fingerprint density at radius 1 is 1.19 bits per heavy atom. The number of methoxy groups -OCH3 is 2. The Kier molecular flexibility index (Phi) is 6.86. The van der Waals surface area contributed by atoms with Gasteiger partial charge < -0.3 is 14.8 Å². The van der Waals surface area contributed by atoms with Gasteiger partial charge in [0.25, 0.3) is 0 Å². The summed E-state index contributed by atoms with van der Waals surface area (Å²) in [6.45, 7) is 2.25. The lowest BCUT2D eigenvalue weighted by molar-refractivity contribution is -0.132. The molecular formula is C22H27FN2O5S. The summed E-state index contributed by atoms with van der Waals surface area (Å²) in [6, 6.07) is 10.6. The number of carbonyl (C=O) groups is 1. The Hall–Kier alpha value is -2.65. The summed E-state index contributed by atoms with van der Waals surface area (Å²) < 4.78 is 51.9. The van der Waals surface area contributed by atoms with Crippen LogP contribution in [0.3, 0.4) is 0 Å². The Morgan fingerprint density at radius 2 is 1.97 bits per heavy atom. The molecule has 31 heavy (non-hydrogen) atoms. The minimum atomic E-state index is -3.92. The van der Waals surface area contributed by atoms with Gasteiger partial charge in [0.15, 0.2) is 0 Å². The van der Waals surface area contributed by atoms with E-state index in [1.54, 1.807) is 31.2 Å². The predicted molar refractivity (Wildman–Crippen MR) is 114 cm³/mol. The SMILES string of the molecule is COc1ccc(OC)c(S(=O)(=O)N2CCC[C@@](C)(C(=O)NCc3cccc(F)c3)C2)c1. The molecule has 0 saturated carbocycles. The minimum absolute atomic E-state index is 0.00114. The molecule has 1 N–H and O–H groups in total. The van der Waals surface area contributed by atoms with E-state index in [1.165, 1.54) is 36.7 Å². The van der Waals surface area contributed by atoms with E-state index < -0.39 is 15.4 Å². The van der Waals surface area contributed by atoms with Crippen LogP contribution in [-0.4, -0.2) is 45.9 Å². The summed E-state index contributed by atoms with van der Waals surface area (Å²) in [5.41, 5.74) is -0.275. The maximum absolute atomic E-state index is 13.4. The monoisotopic (exact) mass is 450 g/mol. The molecule has 0 spiro atoms. The van der Waals surface area contributed by atoms with Gasteiger partial charge in [-0.15, -0.1) is 0 Å². The van der Waals surface area contributed by atoms with Crippen molar-refractivity contribution in [2.45, 2.75) is 31.2 Å². The third-order valence-corrected chi connectivity index (χ3v) is 7.41. The van der Waals surface area contributed by atoms with E-state index in [0.717, 1.165) is 0 Å². The predicted octanol–water partition coefficient (Wildman–Crippen LogP) is 2.95. The Morgan fingerprint density at radius 3 is 2.65 bits per heavy atom. The van der Waals surface area contributed by atoms with Crippen LogP contribution < -0.4 is 14.8 Å². The average Bonchev–Trinajstić information content (AvgIpc) is 2.77. The van der Waals surface area contributed by atoms with Crippen molar-refractivity contribution in [1.29, 1.82) is 0 Å². The van der Waals surface area contributed by atoms with Gasteiger partial charge in [-0.1, -0.05) is 12.1 Å². The molecule has 1 aliphatic rings. The zero-order valence-corrected chi connectivity index (χ0v) is 18.7. The summed E-state index contributed by atoms with van der Waals surface area (Å²) in [6.07, 6.45) is 1.08. The van der Waals surface area contributed by atoms with Crippen LogP contribution in [-0.2, 0) is 21.4 Å². The summed E-state index contributed by atoms with van der Waals surface area (Å²) >= 11 is 0. The first kappa shape index (κ1) is 23.0. The molecule has 3 rings (SSSR count). The molecule has 1 atom stereocenters. The lowest BCUT2D eigenvalue weighted by Gasteiger charge is -2.38. The second kappa shape index (κ2) is 9.23. The number of ether oxygens (including phenoxy) is 2. The molecule has 0 aromatic heterocycles. The molecule has 1 heterocycles. The number of hydrogen-bond donors (Lipinski definition) is 1. The van der Waals surface area contributed by atoms with Crippen molar-refractivity contribution in [3.8, 4) is 11.5 Å². The minimum Gasteiger partial charge on any atom is -0.497 e. The zero-order valence-electron chi connectivity index (χ0n) is 17.9. The molecule has 0 unspecified atom stereocenters. The first-order valence-electron chi connectivity index (χ1n) is 9.94. The van der Waals surface area contributed by atoms with Crippen LogP contribution in [0.4, 0.5) is 4.39 Å². The van der Waals surface area contributed by atoms with E-state index in [-0.39, 0.29) is 35.5 Å². The largest absolute Gasteiger partial charge is 0.497 e. The number of rotatable bonds is 7. The fourth-order valence-electron chi connectivity index (χ4n) is 3.75. The Bertz CT molecular complexity index is 1060. The number of amides is 1. The first-order valence-corrected chi connectivity index (χ1v) is 11.4. The molecule has 7 nitrogen and oxygen atoms in total. The van der Waals surface area contributed by atoms with Crippen LogP contribution >= 0.6 is 0 Å². The smallest absolute Gasteiger partial charge is 0.246 e. The van der Waals surface area contributed by atoms with Crippen molar-refractivity contribution in [1.82, 2.24) is 9.62 Å². The van der Waals surface area contributed by atoms with Crippen molar-refractivity contribution < 1.29 is 27.1 Å². The molecule has 1 saturated heterocycles. The molecule has 1 aliphatic heterocycles. The van der Waals surface area contributed by atoms with E-state index >= 15 is 0 Å². The zero-order chi connectivity index (χ0) is 22.6. The maximum Gasteiger partial charge on any atom is 0.246 e. The molecule has 0 radical (unpaired) electrons. The van der Waals surface area contributed by atoms with E-state index in [4.69, 9.17) is 9.47 Å². The summed E-state index contributed by atoms with van der Waals surface area (Å²) in [4.78, 5) is 12.9. The van der Waals surface area contributed by atoms with Gasteiger partial charge in [0, 0.05) is 25.7 Å². The molecule has 0 bridgehead atoms. The number of piperidine rings is 1. The number of benzene rings is 2. The molecule has 2 aromatic carbocycles. The quantitative estimate of drug-likeness (QED) is 0.701. The number of carbonyl (C=O) groups excluding carboxylic acids is 1. The highest BCUT2D eigenvalue weighted by molar-refractivity contribution is 7.89. The third kappa shape index (κ3) is 4.99. The number of halogens is 1. The second-order valence-corrected chi connectivity index (χ2v) is 9.74. The van der Waals surface area contributed by atoms with Crippen LogP contribution in [0, 0.1) is 11.2 Å². The van der Waals surface area contributed by atoms with Gasteiger partial charge >= 0.3 is 0 Å². The van der Waals surface area contributed by atoms with E-state index in [0.29, 0.717) is 30.7 Å². The number of hydrogen-bond acceptors (Lipinski definition) is 5. The van der Waals surface area contributed by atoms with Gasteiger partial charge in [0.2, 0.25) is 15.9 Å². The van der Waals surface area contributed by atoms with Gasteiger partial charge in [-0.25, -0.2) is 12.8 Å². The molecular weight excluding hydrogens is 423 g/mol. The topological polar surface area (TPSA) is 84.9 Å². The van der Waals surface area contributed by atoms with Crippen molar-refractivity contribution >= 4 is 15.9 Å². The molecule has 168 valence electrons. The molecule has 1 fully saturated rings. The van der Waals surface area contributed by atoms with Gasteiger partial charge in [0.05, 0.1) is 19.6 Å². The van der Waals surface area contributed by atoms with Gasteiger partial charge in [-0.05, 0) is 49.6 Å². The van der Waals surface area contributed by atoms with E-state index in [9.17, 15) is 17.6 Å². The Balaban J connectivity index is 1.79. The fraction of sp³-hybridized carbons (Fsp3) is 0.409. The normalized spacial score (nSPS) is 19.6. The highest BCUT2D eigenvalue weighted by atomic mass is 32.2. The van der Waals surface area contributed by atoms with Crippen LogP contribution in [0.2, 0.25) is 0 Å². The van der Waals surface area contributed by atoms with Crippen molar-refractivity contribution in [3.63, 3.8) is 0 Å². The molecule has 1 amide bonds. The maximum atomic E-state index is 13.4. The number of nitrogens with one attached hydrogen (secondary N) is 1. The van der Waals surface area contributed by atoms with Crippen LogP contribution in [0.5, 0.6) is 11.5 Å². The molecule has 9 heteroatoms. The van der Waals surface area contributed by atoms with E-state index in [2.05, 4.69) is 5.32 Å². The summed E-state index contributed by atoms with van der Waals surface area (Å²) in [5.74, 6) is -0.0370. The lowest BCUT2D eigenvalue weighted by Crippen LogP contribution is -2.51. The summed E-state index contributed by atoms with van der Waals surface area (Å²) in [7, 11) is -1.05.